The number of nitrogens with one attached hydrogen (secondary N) is 1. The molecule has 8 nitrogen and oxygen atoms in total. The maximum absolute atomic E-state index is 12.2. The molecule has 0 radical (unpaired) electrons. The minimum Gasteiger partial charge on any atom is -0.494 e. The summed E-state index contributed by atoms with van der Waals surface area (Å²) < 4.78 is 12.1. The fourth-order valence-corrected chi connectivity index (χ4v) is 3.87. The zero-order valence-electron chi connectivity index (χ0n) is 13.7. The number of nitrogens with zero attached hydrogens (tertiary/aromatic N) is 2. The molecule has 10 heteroatoms. The second-order valence-electron chi connectivity index (χ2n) is 5.31. The van der Waals surface area contributed by atoms with Crippen molar-refractivity contribution in [2.75, 3.05) is 7.11 Å². The van der Waals surface area contributed by atoms with Gasteiger partial charge in [-0.1, -0.05) is 0 Å². The molecule has 0 unspecified atom stereocenters. The average Bonchev–Trinajstić information content (AvgIpc) is 3.04. The first kappa shape index (κ1) is 19.1. The third-order valence-corrected chi connectivity index (χ3v) is 4.72. The highest BCUT2D eigenvalue weighted by Crippen LogP contribution is 2.33. The molecule has 3 rings (SSSR count). The average molecular weight is 497 g/mol. The molecule has 0 aliphatic heterocycles. The predicted octanol–water partition coefficient (Wildman–Crippen LogP) is 4.64. The number of carbonyl (C=O) groups excluding carboxylic acids is 1. The normalized spacial score (nSPS) is 11.1. The van der Waals surface area contributed by atoms with Crippen molar-refractivity contribution in [3.05, 3.63) is 66.8 Å². The SMILES string of the molecule is COc1c(Br)cc(/C=N\NC(=O)c2cc3cc([N+](=O)[O-])ccc3o2)cc1Br. The van der Waals surface area contributed by atoms with E-state index in [0.717, 1.165) is 14.5 Å². The van der Waals surface area contributed by atoms with Gasteiger partial charge in [0.2, 0.25) is 0 Å². The first-order valence-electron chi connectivity index (χ1n) is 7.43. The lowest BCUT2D eigenvalue weighted by atomic mass is 10.2. The number of fused-ring (bicyclic) bond motifs is 1. The molecule has 1 heterocycles. The lowest BCUT2D eigenvalue weighted by Gasteiger charge is -2.06. The molecule has 0 aliphatic carbocycles. The van der Waals surface area contributed by atoms with Crippen LogP contribution in [0.5, 0.6) is 5.75 Å². The summed E-state index contributed by atoms with van der Waals surface area (Å²) in [5.41, 5.74) is 3.37. The Morgan fingerprint density at radius 3 is 2.59 bits per heavy atom. The van der Waals surface area contributed by atoms with E-state index in [-0.39, 0.29) is 11.4 Å². The molecule has 0 saturated heterocycles. The molecule has 0 atom stereocenters. The zero-order chi connectivity index (χ0) is 19.6. The van der Waals surface area contributed by atoms with Crippen LogP contribution < -0.4 is 10.2 Å². The number of hydrogen-bond acceptors (Lipinski definition) is 6. The minimum atomic E-state index is -0.572. The quantitative estimate of drug-likeness (QED) is 0.314. The number of benzene rings is 2. The van der Waals surface area contributed by atoms with E-state index in [2.05, 4.69) is 42.4 Å². The number of hydrazone groups is 1. The van der Waals surface area contributed by atoms with Crippen molar-refractivity contribution < 1.29 is 18.9 Å². The lowest BCUT2D eigenvalue weighted by Crippen LogP contribution is -2.16. The van der Waals surface area contributed by atoms with Crippen molar-refractivity contribution in [1.82, 2.24) is 5.43 Å². The first-order chi connectivity index (χ1) is 12.9. The Kier molecular flexibility index (Phi) is 5.57. The number of halogens is 2. The molecule has 138 valence electrons. The Labute approximate surface area is 169 Å². The van der Waals surface area contributed by atoms with Crippen LogP contribution in [0.15, 0.2) is 54.9 Å². The highest BCUT2D eigenvalue weighted by molar-refractivity contribution is 9.11. The summed E-state index contributed by atoms with van der Waals surface area (Å²) in [6, 6.07) is 9.07. The van der Waals surface area contributed by atoms with Gasteiger partial charge in [-0.25, -0.2) is 5.43 Å². The van der Waals surface area contributed by atoms with Crippen LogP contribution in [0.25, 0.3) is 11.0 Å². The maximum Gasteiger partial charge on any atom is 0.307 e. The van der Waals surface area contributed by atoms with Crippen LogP contribution >= 0.6 is 31.9 Å². The van der Waals surface area contributed by atoms with Gasteiger partial charge in [0.15, 0.2) is 5.76 Å². The van der Waals surface area contributed by atoms with Crippen molar-refractivity contribution in [1.29, 1.82) is 0 Å². The summed E-state index contributed by atoms with van der Waals surface area (Å²) in [4.78, 5) is 22.5. The number of rotatable bonds is 5. The summed E-state index contributed by atoms with van der Waals surface area (Å²) >= 11 is 6.77. The number of hydrogen-bond donors (Lipinski definition) is 1. The third kappa shape index (κ3) is 4.17. The summed E-state index contributed by atoms with van der Waals surface area (Å²) in [7, 11) is 1.56. The van der Waals surface area contributed by atoms with Gasteiger partial charge in [0.05, 0.1) is 27.2 Å². The minimum absolute atomic E-state index is 0.000241. The molecule has 1 amide bonds. The standard InChI is InChI=1S/C17H11Br2N3O5/c1-26-16-12(18)4-9(5-13(16)19)8-20-21-17(23)15-7-10-6-11(22(24)25)2-3-14(10)27-15/h2-8H,1H3,(H,21,23)/b20-8-. The number of methoxy groups -OCH3 is 1. The highest BCUT2D eigenvalue weighted by Gasteiger charge is 2.14. The number of ether oxygens (including phenoxy) is 1. The van der Waals surface area contributed by atoms with Gasteiger partial charge in [0.25, 0.3) is 5.69 Å². The number of nitro groups is 1. The van der Waals surface area contributed by atoms with Gasteiger partial charge in [0, 0.05) is 17.5 Å². The second kappa shape index (κ2) is 7.89. The number of nitro benzene ring substituents is 1. The van der Waals surface area contributed by atoms with Crippen molar-refractivity contribution >= 4 is 60.6 Å². The molecule has 1 N–H and O–H groups in total. The Morgan fingerprint density at radius 1 is 1.26 bits per heavy atom. The smallest absolute Gasteiger partial charge is 0.307 e. The Balaban J connectivity index is 1.75. The molecule has 0 spiro atoms. The molecular formula is C17H11Br2N3O5. The summed E-state index contributed by atoms with van der Waals surface area (Å²) in [6.07, 6.45) is 1.46. The van der Waals surface area contributed by atoms with E-state index in [1.165, 1.54) is 30.5 Å². The number of amides is 1. The molecule has 0 saturated carbocycles. The highest BCUT2D eigenvalue weighted by atomic mass is 79.9. The van der Waals surface area contributed by atoms with Gasteiger partial charge in [0.1, 0.15) is 11.3 Å². The zero-order valence-corrected chi connectivity index (χ0v) is 16.9. The fourth-order valence-electron chi connectivity index (χ4n) is 2.33. The van der Waals surface area contributed by atoms with Gasteiger partial charge in [-0.2, -0.15) is 5.10 Å². The van der Waals surface area contributed by atoms with Crippen molar-refractivity contribution in [3.63, 3.8) is 0 Å². The van der Waals surface area contributed by atoms with E-state index >= 15 is 0 Å². The van der Waals surface area contributed by atoms with Gasteiger partial charge < -0.3 is 9.15 Å². The van der Waals surface area contributed by atoms with Crippen LogP contribution in [0.3, 0.4) is 0 Å². The number of carbonyl (C=O) groups is 1. The fraction of sp³-hybridized carbons (Fsp3) is 0.0588. The first-order valence-corrected chi connectivity index (χ1v) is 9.02. The second-order valence-corrected chi connectivity index (χ2v) is 7.02. The molecule has 0 fully saturated rings. The van der Waals surface area contributed by atoms with Gasteiger partial charge in [-0.15, -0.1) is 0 Å². The van der Waals surface area contributed by atoms with Crippen LogP contribution in [-0.2, 0) is 0 Å². The van der Waals surface area contributed by atoms with Crippen LogP contribution in [0.2, 0.25) is 0 Å². The van der Waals surface area contributed by atoms with Gasteiger partial charge in [-0.05, 0) is 61.7 Å². The monoisotopic (exact) mass is 495 g/mol. The van der Waals surface area contributed by atoms with E-state index < -0.39 is 10.8 Å². The van der Waals surface area contributed by atoms with Crippen molar-refractivity contribution in [2.24, 2.45) is 5.10 Å². The summed E-state index contributed by atoms with van der Waals surface area (Å²) in [5, 5.41) is 15.2. The largest absolute Gasteiger partial charge is 0.494 e. The predicted molar refractivity (Wildman–Crippen MR) is 106 cm³/mol. The van der Waals surface area contributed by atoms with Gasteiger partial charge in [-0.3, -0.25) is 14.9 Å². The van der Waals surface area contributed by atoms with Crippen LogP contribution in [-0.4, -0.2) is 24.2 Å². The molecule has 2 aromatic carbocycles. The maximum atomic E-state index is 12.2. The molecule has 1 aromatic heterocycles. The van der Waals surface area contributed by atoms with Crippen molar-refractivity contribution in [2.45, 2.75) is 0 Å². The van der Waals surface area contributed by atoms with E-state index in [1.807, 2.05) is 0 Å². The lowest BCUT2D eigenvalue weighted by molar-refractivity contribution is -0.384. The van der Waals surface area contributed by atoms with Crippen LogP contribution in [0.1, 0.15) is 16.1 Å². The van der Waals surface area contributed by atoms with E-state index in [0.29, 0.717) is 16.7 Å². The Hall–Kier alpha value is -2.72. The van der Waals surface area contributed by atoms with Gasteiger partial charge >= 0.3 is 5.91 Å². The van der Waals surface area contributed by atoms with E-state index in [4.69, 9.17) is 9.15 Å². The molecule has 0 aliphatic rings. The Morgan fingerprint density at radius 2 is 1.96 bits per heavy atom. The number of non-ortho nitro benzene ring substituents is 1. The van der Waals surface area contributed by atoms with Crippen LogP contribution in [0.4, 0.5) is 5.69 Å². The van der Waals surface area contributed by atoms with E-state index in [1.54, 1.807) is 19.2 Å². The van der Waals surface area contributed by atoms with E-state index in [9.17, 15) is 14.9 Å². The third-order valence-electron chi connectivity index (χ3n) is 3.54. The Bertz CT molecular complexity index is 1050. The number of furan rings is 1. The molecule has 27 heavy (non-hydrogen) atoms. The molecule has 3 aromatic rings. The topological polar surface area (TPSA) is 107 Å². The molecular weight excluding hydrogens is 486 g/mol. The summed E-state index contributed by atoms with van der Waals surface area (Å²) in [6.45, 7) is 0. The van der Waals surface area contributed by atoms with Crippen LogP contribution in [0, 0.1) is 10.1 Å². The molecule has 0 bridgehead atoms. The summed E-state index contributed by atoms with van der Waals surface area (Å²) in [5.74, 6) is 0.0732. The van der Waals surface area contributed by atoms with Crippen molar-refractivity contribution in [3.8, 4) is 5.75 Å².